The summed E-state index contributed by atoms with van der Waals surface area (Å²) in [6.07, 6.45) is 0.572. The topological polar surface area (TPSA) is 111 Å². The van der Waals surface area contributed by atoms with Gasteiger partial charge in [0, 0.05) is 5.39 Å². The largest absolute Gasteiger partial charge is 0.465 e. The minimum absolute atomic E-state index is 0.124. The van der Waals surface area contributed by atoms with Gasteiger partial charge in [-0.2, -0.15) is 0 Å². The number of anilines is 1. The molecule has 0 radical (unpaired) electrons. The summed E-state index contributed by atoms with van der Waals surface area (Å²) in [5, 5.41) is 10.9. The van der Waals surface area contributed by atoms with E-state index in [4.69, 9.17) is 9.15 Å². The highest BCUT2D eigenvalue weighted by Crippen LogP contribution is 2.31. The lowest BCUT2D eigenvalue weighted by Gasteiger charge is -2.10. The maximum Gasteiger partial charge on any atom is 0.349 e. The number of para-hydroxylation sites is 1. The van der Waals surface area contributed by atoms with Crippen molar-refractivity contribution in [1.29, 1.82) is 0 Å². The van der Waals surface area contributed by atoms with E-state index in [1.165, 1.54) is 17.8 Å². The molecule has 0 bridgehead atoms. The van der Waals surface area contributed by atoms with Crippen LogP contribution in [0.5, 0.6) is 0 Å². The highest BCUT2D eigenvalue weighted by atomic mass is 32.2. The molecule has 1 amide bonds. The van der Waals surface area contributed by atoms with Crippen molar-refractivity contribution in [2.45, 2.75) is 29.9 Å². The lowest BCUT2D eigenvalue weighted by atomic mass is 10.2. The molecule has 0 saturated heterocycles. The number of carbonyl (C=O) groups excluding carboxylic acids is 2. The third kappa shape index (κ3) is 4.57. The van der Waals surface area contributed by atoms with Crippen molar-refractivity contribution in [1.82, 2.24) is 10.2 Å². The average Bonchev–Trinajstić information content (AvgIpc) is 3.12. The summed E-state index contributed by atoms with van der Waals surface area (Å²) in [6, 6.07) is 8.40. The summed E-state index contributed by atoms with van der Waals surface area (Å²) < 4.78 is 10.7. The van der Waals surface area contributed by atoms with Crippen LogP contribution >= 0.6 is 23.1 Å². The van der Waals surface area contributed by atoms with Gasteiger partial charge in [0.15, 0.2) is 4.34 Å². The van der Waals surface area contributed by atoms with Crippen LogP contribution in [0.2, 0.25) is 0 Å². The first kappa shape index (κ1) is 20.0. The first-order chi connectivity index (χ1) is 13.5. The Labute approximate surface area is 168 Å². The monoisotopic (exact) mass is 419 g/mol. The molecule has 0 aliphatic rings. The second-order valence-corrected chi connectivity index (χ2v) is 8.01. The quantitative estimate of drug-likeness (QED) is 0.269. The van der Waals surface area contributed by atoms with Crippen LogP contribution in [-0.4, -0.2) is 33.9 Å². The molecule has 1 atom stereocenters. The van der Waals surface area contributed by atoms with Crippen LogP contribution in [0.1, 0.15) is 30.6 Å². The highest BCUT2D eigenvalue weighted by Gasteiger charge is 2.22. The Bertz CT molecular complexity index is 1060. The number of esters is 1. The zero-order valence-corrected chi connectivity index (χ0v) is 16.8. The van der Waals surface area contributed by atoms with E-state index >= 15 is 0 Å². The van der Waals surface area contributed by atoms with Crippen molar-refractivity contribution in [3.05, 3.63) is 46.3 Å². The van der Waals surface area contributed by atoms with Crippen LogP contribution in [-0.2, 0) is 9.53 Å². The number of nitrogens with zero attached hydrogens (tertiary/aromatic N) is 2. The number of fused-ring (bicyclic) bond motifs is 1. The summed E-state index contributed by atoms with van der Waals surface area (Å²) in [5.41, 5.74) is -0.451. The Morgan fingerprint density at radius 2 is 2.07 bits per heavy atom. The molecule has 3 aromatic rings. The first-order valence-corrected chi connectivity index (χ1v) is 10.2. The van der Waals surface area contributed by atoms with Crippen LogP contribution in [0.25, 0.3) is 11.0 Å². The highest BCUT2D eigenvalue weighted by molar-refractivity contribution is 8.02. The number of carbonyl (C=O) groups is 2. The Kier molecular flexibility index (Phi) is 6.42. The van der Waals surface area contributed by atoms with E-state index in [9.17, 15) is 14.4 Å². The zero-order chi connectivity index (χ0) is 20.1. The predicted octanol–water partition coefficient (Wildman–Crippen LogP) is 3.33. The molecule has 28 heavy (non-hydrogen) atoms. The van der Waals surface area contributed by atoms with Crippen molar-refractivity contribution < 1.29 is 18.7 Å². The second kappa shape index (κ2) is 8.98. The third-order valence-corrected chi connectivity index (χ3v) is 5.94. The average molecular weight is 419 g/mol. The molecule has 2 aromatic heterocycles. The van der Waals surface area contributed by atoms with E-state index in [0.29, 0.717) is 28.3 Å². The molecule has 1 unspecified atom stereocenters. The smallest absolute Gasteiger partial charge is 0.349 e. The van der Waals surface area contributed by atoms with Gasteiger partial charge in [0.2, 0.25) is 5.13 Å². The van der Waals surface area contributed by atoms with Gasteiger partial charge in [-0.1, -0.05) is 48.2 Å². The van der Waals surface area contributed by atoms with E-state index in [1.807, 2.05) is 6.92 Å². The molecule has 0 aliphatic carbocycles. The van der Waals surface area contributed by atoms with Crippen LogP contribution < -0.4 is 10.9 Å². The van der Waals surface area contributed by atoms with Crippen molar-refractivity contribution in [2.24, 2.45) is 0 Å². The second-order valence-electron chi connectivity index (χ2n) is 5.58. The summed E-state index contributed by atoms with van der Waals surface area (Å²) in [5.74, 6) is -0.950. The van der Waals surface area contributed by atoms with E-state index in [-0.39, 0.29) is 16.7 Å². The Balaban J connectivity index is 1.73. The zero-order valence-electron chi connectivity index (χ0n) is 15.1. The fourth-order valence-corrected chi connectivity index (χ4v) is 4.26. The molecule has 146 valence electrons. The van der Waals surface area contributed by atoms with Crippen LogP contribution in [0.15, 0.2) is 43.9 Å². The number of benzene rings is 1. The Hall–Kier alpha value is -2.72. The van der Waals surface area contributed by atoms with Crippen LogP contribution in [0.3, 0.4) is 0 Å². The summed E-state index contributed by atoms with van der Waals surface area (Å²) in [7, 11) is 0. The van der Waals surface area contributed by atoms with Gasteiger partial charge in [-0.25, -0.2) is 4.79 Å². The molecular formula is C18H17N3O5S2. The maximum atomic E-state index is 12.4. The molecule has 0 saturated carbocycles. The normalized spacial score (nSPS) is 11.9. The van der Waals surface area contributed by atoms with Gasteiger partial charge in [0.05, 0.1) is 6.61 Å². The van der Waals surface area contributed by atoms with Crippen molar-refractivity contribution in [3.63, 3.8) is 0 Å². The Morgan fingerprint density at radius 1 is 1.29 bits per heavy atom. The van der Waals surface area contributed by atoms with E-state index < -0.39 is 16.8 Å². The van der Waals surface area contributed by atoms with Crippen molar-refractivity contribution >= 4 is 51.1 Å². The van der Waals surface area contributed by atoms with Gasteiger partial charge >= 0.3 is 11.6 Å². The number of amides is 1. The van der Waals surface area contributed by atoms with Gasteiger partial charge in [-0.05, 0) is 25.5 Å². The fourth-order valence-electron chi connectivity index (χ4n) is 2.35. The van der Waals surface area contributed by atoms with Crippen LogP contribution in [0.4, 0.5) is 5.13 Å². The Morgan fingerprint density at radius 3 is 2.82 bits per heavy atom. The lowest BCUT2D eigenvalue weighted by Crippen LogP contribution is -2.20. The summed E-state index contributed by atoms with van der Waals surface area (Å²) in [4.78, 5) is 36.4. The minimum atomic E-state index is -0.733. The molecule has 0 fully saturated rings. The molecule has 1 N–H and O–H groups in total. The van der Waals surface area contributed by atoms with E-state index in [0.717, 1.165) is 11.3 Å². The van der Waals surface area contributed by atoms with Crippen LogP contribution in [0, 0.1) is 0 Å². The number of hydrogen-bond donors (Lipinski definition) is 1. The number of nitrogens with one attached hydrogen (secondary N) is 1. The summed E-state index contributed by atoms with van der Waals surface area (Å²) >= 11 is 2.34. The van der Waals surface area contributed by atoms with Gasteiger partial charge in [0.25, 0.3) is 5.91 Å². The van der Waals surface area contributed by atoms with Gasteiger partial charge < -0.3 is 9.15 Å². The van der Waals surface area contributed by atoms with Crippen molar-refractivity contribution in [3.8, 4) is 0 Å². The number of thioether (sulfide) groups is 1. The first-order valence-electron chi connectivity index (χ1n) is 8.52. The summed E-state index contributed by atoms with van der Waals surface area (Å²) in [6.45, 7) is 3.93. The van der Waals surface area contributed by atoms with Crippen molar-refractivity contribution in [2.75, 3.05) is 11.9 Å². The lowest BCUT2D eigenvalue weighted by molar-refractivity contribution is -0.142. The number of rotatable bonds is 7. The molecule has 0 aliphatic heterocycles. The number of aromatic nitrogens is 2. The molecule has 10 heteroatoms. The van der Waals surface area contributed by atoms with E-state index in [2.05, 4.69) is 15.5 Å². The maximum absolute atomic E-state index is 12.4. The van der Waals surface area contributed by atoms with Gasteiger partial charge in [-0.3, -0.25) is 14.9 Å². The van der Waals surface area contributed by atoms with Gasteiger partial charge in [0.1, 0.15) is 16.4 Å². The molecular weight excluding hydrogens is 402 g/mol. The SMILES string of the molecule is CCOC(=O)C(CC)Sc1nnc(NC(=O)c2cc3ccccc3oc2=O)s1. The molecule has 8 nitrogen and oxygen atoms in total. The third-order valence-electron chi connectivity index (χ3n) is 3.68. The molecule has 1 aromatic carbocycles. The standard InChI is InChI=1S/C18H17N3O5S2/c1-3-13(16(24)25-4-2)27-18-21-20-17(28-18)19-14(22)11-9-10-7-5-6-8-12(10)26-15(11)23/h5-9,13H,3-4H2,1-2H3,(H,19,20,22). The number of hydrogen-bond acceptors (Lipinski definition) is 9. The minimum Gasteiger partial charge on any atom is -0.465 e. The number of ether oxygens (including phenoxy) is 1. The molecule has 0 spiro atoms. The molecule has 2 heterocycles. The molecule has 3 rings (SSSR count). The predicted molar refractivity (Wildman–Crippen MR) is 107 cm³/mol. The fraction of sp³-hybridized carbons (Fsp3) is 0.278. The van der Waals surface area contributed by atoms with Gasteiger partial charge in [-0.15, -0.1) is 10.2 Å². The van der Waals surface area contributed by atoms with E-state index in [1.54, 1.807) is 31.2 Å².